The number of nitrogens with zero attached hydrogens (tertiary/aromatic N) is 2. The van der Waals surface area contributed by atoms with Crippen LogP contribution in [0.4, 0.5) is 0 Å². The number of benzene rings is 1. The largest absolute Gasteiger partial charge is 0.236 e. The molecule has 1 aromatic carbocycles. The van der Waals surface area contributed by atoms with E-state index in [0.717, 1.165) is 26.8 Å². The zero-order valence-corrected chi connectivity index (χ0v) is 11.0. The molecular weight excluding hydrogens is 320 g/mol. The van der Waals surface area contributed by atoms with Gasteiger partial charge in [0.25, 0.3) is 0 Å². The van der Waals surface area contributed by atoms with Crippen LogP contribution in [0.25, 0.3) is 11.4 Å². The van der Waals surface area contributed by atoms with E-state index in [1.165, 1.54) is 0 Å². The maximum absolute atomic E-state index is 4.29. The predicted molar refractivity (Wildman–Crippen MR) is 67.8 cm³/mol. The minimum atomic E-state index is 0.757. The summed E-state index contributed by atoms with van der Waals surface area (Å²) in [5.74, 6) is 0.757. The van der Waals surface area contributed by atoms with Crippen LogP contribution in [-0.2, 0) is 5.33 Å². The molecule has 0 amide bonds. The first-order chi connectivity index (χ1) is 7.29. The highest BCUT2D eigenvalue weighted by Crippen LogP contribution is 2.18. The van der Waals surface area contributed by atoms with Crippen molar-refractivity contribution in [2.45, 2.75) is 5.33 Å². The summed E-state index contributed by atoms with van der Waals surface area (Å²) in [7, 11) is 0. The van der Waals surface area contributed by atoms with Crippen LogP contribution in [0.3, 0.4) is 0 Å². The van der Waals surface area contributed by atoms with Crippen molar-refractivity contribution in [3.05, 3.63) is 46.7 Å². The molecule has 0 aliphatic carbocycles. The van der Waals surface area contributed by atoms with Gasteiger partial charge in [-0.05, 0) is 17.7 Å². The van der Waals surface area contributed by atoms with Gasteiger partial charge in [0.15, 0.2) is 5.82 Å². The van der Waals surface area contributed by atoms with Crippen LogP contribution < -0.4 is 0 Å². The zero-order valence-electron chi connectivity index (χ0n) is 7.82. The van der Waals surface area contributed by atoms with E-state index in [2.05, 4.69) is 41.8 Å². The minimum absolute atomic E-state index is 0.757. The molecule has 4 heteroatoms. The lowest BCUT2D eigenvalue weighted by atomic mass is 10.2. The van der Waals surface area contributed by atoms with Gasteiger partial charge in [-0.15, -0.1) is 0 Å². The molecule has 0 bridgehead atoms. The lowest BCUT2D eigenvalue weighted by Crippen LogP contribution is -1.90. The summed E-state index contributed by atoms with van der Waals surface area (Å²) < 4.78 is 1.06. The molecule has 15 heavy (non-hydrogen) atoms. The quantitative estimate of drug-likeness (QED) is 0.784. The standard InChI is InChI=1S/C11H8Br2N2/c12-5-8-6-14-11(15-7-8)9-1-3-10(13)4-2-9/h1-4,6-7H,5H2. The third-order valence-corrected chi connectivity index (χ3v) is 3.14. The SMILES string of the molecule is BrCc1cnc(-c2ccc(Br)cc2)nc1. The van der Waals surface area contributed by atoms with E-state index in [1.807, 2.05) is 36.7 Å². The monoisotopic (exact) mass is 326 g/mol. The molecular formula is C11H8Br2N2. The van der Waals surface area contributed by atoms with Crippen molar-refractivity contribution in [2.24, 2.45) is 0 Å². The van der Waals surface area contributed by atoms with Crippen LogP contribution in [0.2, 0.25) is 0 Å². The fourth-order valence-electron chi connectivity index (χ4n) is 1.17. The summed E-state index contributed by atoms with van der Waals surface area (Å²) in [6.07, 6.45) is 3.66. The smallest absolute Gasteiger partial charge is 0.159 e. The summed E-state index contributed by atoms with van der Waals surface area (Å²) in [6, 6.07) is 7.95. The zero-order chi connectivity index (χ0) is 10.7. The highest BCUT2D eigenvalue weighted by Gasteiger charge is 2.00. The molecule has 2 nitrogen and oxygen atoms in total. The Morgan fingerprint density at radius 2 is 1.60 bits per heavy atom. The topological polar surface area (TPSA) is 25.8 Å². The second kappa shape index (κ2) is 4.86. The van der Waals surface area contributed by atoms with Gasteiger partial charge in [0.2, 0.25) is 0 Å². The Morgan fingerprint density at radius 3 is 2.13 bits per heavy atom. The lowest BCUT2D eigenvalue weighted by molar-refractivity contribution is 1.13. The summed E-state index contributed by atoms with van der Waals surface area (Å²) in [6.45, 7) is 0. The van der Waals surface area contributed by atoms with Gasteiger partial charge in [-0.3, -0.25) is 0 Å². The number of hydrogen-bond donors (Lipinski definition) is 0. The number of alkyl halides is 1. The molecule has 0 unspecified atom stereocenters. The minimum Gasteiger partial charge on any atom is -0.236 e. The Labute approximate surface area is 105 Å². The maximum atomic E-state index is 4.29. The van der Waals surface area contributed by atoms with Crippen LogP contribution in [0.15, 0.2) is 41.1 Å². The van der Waals surface area contributed by atoms with Gasteiger partial charge < -0.3 is 0 Å². The summed E-state index contributed by atoms with van der Waals surface area (Å²) in [4.78, 5) is 8.59. The van der Waals surface area contributed by atoms with Crippen molar-refractivity contribution >= 4 is 31.9 Å². The highest BCUT2D eigenvalue weighted by molar-refractivity contribution is 9.10. The summed E-state index contributed by atoms with van der Waals surface area (Å²) in [5, 5.41) is 0.785. The molecule has 1 aromatic heterocycles. The Kier molecular flexibility index (Phi) is 3.49. The summed E-state index contributed by atoms with van der Waals surface area (Å²) in [5.41, 5.74) is 2.11. The number of halogens is 2. The van der Waals surface area contributed by atoms with Gasteiger partial charge in [0, 0.05) is 27.8 Å². The third kappa shape index (κ3) is 2.63. The normalized spacial score (nSPS) is 10.3. The Balaban J connectivity index is 2.33. The Hall–Kier alpha value is -0.740. The molecule has 1 heterocycles. The van der Waals surface area contributed by atoms with E-state index in [-0.39, 0.29) is 0 Å². The third-order valence-electron chi connectivity index (χ3n) is 1.96. The van der Waals surface area contributed by atoms with Crippen molar-refractivity contribution in [2.75, 3.05) is 0 Å². The van der Waals surface area contributed by atoms with Gasteiger partial charge in [-0.2, -0.15) is 0 Å². The van der Waals surface area contributed by atoms with E-state index in [1.54, 1.807) is 0 Å². The molecule has 2 aromatic rings. The van der Waals surface area contributed by atoms with Crippen molar-refractivity contribution in [1.29, 1.82) is 0 Å². The van der Waals surface area contributed by atoms with Crippen molar-refractivity contribution in [3.63, 3.8) is 0 Å². The fraction of sp³-hybridized carbons (Fsp3) is 0.0909. The van der Waals surface area contributed by atoms with E-state index in [9.17, 15) is 0 Å². The first-order valence-electron chi connectivity index (χ1n) is 4.42. The molecule has 0 radical (unpaired) electrons. The number of aromatic nitrogens is 2. The van der Waals surface area contributed by atoms with E-state index in [4.69, 9.17) is 0 Å². The highest BCUT2D eigenvalue weighted by atomic mass is 79.9. The molecule has 0 saturated carbocycles. The van der Waals surface area contributed by atoms with Gasteiger partial charge in [-0.25, -0.2) is 9.97 Å². The van der Waals surface area contributed by atoms with E-state index >= 15 is 0 Å². The van der Waals surface area contributed by atoms with Crippen LogP contribution >= 0.6 is 31.9 Å². The molecule has 0 saturated heterocycles. The Morgan fingerprint density at radius 1 is 1.00 bits per heavy atom. The average Bonchev–Trinajstić information content (AvgIpc) is 2.30. The van der Waals surface area contributed by atoms with E-state index in [0.29, 0.717) is 0 Å². The second-order valence-electron chi connectivity index (χ2n) is 3.06. The van der Waals surface area contributed by atoms with Crippen molar-refractivity contribution < 1.29 is 0 Å². The number of hydrogen-bond acceptors (Lipinski definition) is 2. The predicted octanol–water partition coefficient (Wildman–Crippen LogP) is 3.80. The summed E-state index contributed by atoms with van der Waals surface area (Å²) >= 11 is 6.76. The molecule has 0 spiro atoms. The van der Waals surface area contributed by atoms with Gasteiger partial charge >= 0.3 is 0 Å². The first kappa shape index (κ1) is 10.8. The maximum Gasteiger partial charge on any atom is 0.159 e. The first-order valence-corrected chi connectivity index (χ1v) is 6.34. The molecule has 76 valence electrons. The Bertz CT molecular complexity index is 437. The van der Waals surface area contributed by atoms with E-state index < -0.39 is 0 Å². The second-order valence-corrected chi connectivity index (χ2v) is 4.53. The van der Waals surface area contributed by atoms with Gasteiger partial charge in [0.05, 0.1) is 0 Å². The lowest BCUT2D eigenvalue weighted by Gasteiger charge is -2.00. The molecule has 0 aliphatic heterocycles. The average molecular weight is 328 g/mol. The van der Waals surface area contributed by atoms with Crippen LogP contribution in [0, 0.1) is 0 Å². The molecule has 0 aliphatic rings. The fourth-order valence-corrected chi connectivity index (χ4v) is 1.73. The van der Waals surface area contributed by atoms with Crippen molar-refractivity contribution in [1.82, 2.24) is 9.97 Å². The number of rotatable bonds is 2. The van der Waals surface area contributed by atoms with Gasteiger partial charge in [0.1, 0.15) is 0 Å². The van der Waals surface area contributed by atoms with Crippen LogP contribution in [0.1, 0.15) is 5.56 Å². The molecule has 0 atom stereocenters. The van der Waals surface area contributed by atoms with Crippen LogP contribution in [-0.4, -0.2) is 9.97 Å². The molecule has 2 rings (SSSR count). The van der Waals surface area contributed by atoms with Crippen LogP contribution in [0.5, 0.6) is 0 Å². The molecule has 0 fully saturated rings. The van der Waals surface area contributed by atoms with Crippen molar-refractivity contribution in [3.8, 4) is 11.4 Å². The molecule has 0 N–H and O–H groups in total. The van der Waals surface area contributed by atoms with Gasteiger partial charge in [-0.1, -0.05) is 44.0 Å².